The molecular weight excluding hydrogens is 432 g/mol. The van der Waals surface area contributed by atoms with E-state index in [9.17, 15) is 9.00 Å². The van der Waals surface area contributed by atoms with Gasteiger partial charge in [0.25, 0.3) is 0 Å². The first-order valence-electron chi connectivity index (χ1n) is 10.5. The number of carbonyl (C=O) groups excluding carboxylic acids is 1. The van der Waals surface area contributed by atoms with Gasteiger partial charge in [0.2, 0.25) is 11.8 Å². The fourth-order valence-corrected chi connectivity index (χ4v) is 4.55. The molecule has 0 saturated carbocycles. The molecule has 176 valence electrons. The van der Waals surface area contributed by atoms with Gasteiger partial charge in [-0.1, -0.05) is 41.5 Å². The number of nitrogens with zero attached hydrogens (tertiary/aromatic N) is 3. The van der Waals surface area contributed by atoms with Crippen LogP contribution in [-0.2, 0) is 16.5 Å². The number of hydrogen-bond donors (Lipinski definition) is 3. The number of carbonyl (C=O) groups is 1. The molecule has 1 aliphatic rings. The molecule has 11 heteroatoms. The van der Waals surface area contributed by atoms with E-state index < -0.39 is 15.9 Å². The highest BCUT2D eigenvalue weighted by atomic mass is 32.2. The number of amides is 2. The topological polar surface area (TPSA) is 131 Å². The lowest BCUT2D eigenvalue weighted by atomic mass is 9.94. The van der Waals surface area contributed by atoms with Crippen molar-refractivity contribution in [2.24, 2.45) is 5.41 Å². The van der Waals surface area contributed by atoms with E-state index in [-0.39, 0.29) is 28.0 Å². The Morgan fingerprint density at radius 1 is 1.31 bits per heavy atom. The largest absolute Gasteiger partial charge is 0.481 e. The van der Waals surface area contributed by atoms with Crippen molar-refractivity contribution in [3.05, 3.63) is 23.5 Å². The van der Waals surface area contributed by atoms with E-state index in [2.05, 4.69) is 20.1 Å². The molecule has 0 radical (unpaired) electrons. The van der Waals surface area contributed by atoms with Crippen molar-refractivity contribution in [1.29, 1.82) is 4.78 Å². The average Bonchev–Trinajstić information content (AvgIpc) is 3.09. The molecule has 0 saturated heterocycles. The van der Waals surface area contributed by atoms with Crippen molar-refractivity contribution in [3.63, 3.8) is 0 Å². The maximum Gasteiger partial charge on any atom is 0.332 e. The number of urea groups is 1. The first kappa shape index (κ1) is 23.8. The van der Waals surface area contributed by atoms with Crippen LogP contribution in [0, 0.1) is 10.2 Å². The lowest BCUT2D eigenvalue weighted by molar-refractivity contribution is 0.0971. The summed E-state index contributed by atoms with van der Waals surface area (Å²) in [5.41, 5.74) is 1.87. The summed E-state index contributed by atoms with van der Waals surface area (Å²) in [4.78, 5) is 17.4. The zero-order chi connectivity index (χ0) is 23.8. The fraction of sp³-hybridized carbons (Fsp3) is 0.571. The Morgan fingerprint density at radius 2 is 2.00 bits per heavy atom. The first-order chi connectivity index (χ1) is 14.8. The van der Waals surface area contributed by atoms with Crippen molar-refractivity contribution in [1.82, 2.24) is 19.5 Å². The molecule has 10 nitrogen and oxygen atoms in total. The van der Waals surface area contributed by atoms with E-state index in [0.717, 1.165) is 5.56 Å². The van der Waals surface area contributed by atoms with Gasteiger partial charge < -0.3 is 14.8 Å². The Labute approximate surface area is 189 Å². The Hall–Kier alpha value is -2.82. The summed E-state index contributed by atoms with van der Waals surface area (Å²) in [6.45, 7) is 12.9. The van der Waals surface area contributed by atoms with Crippen molar-refractivity contribution < 1.29 is 18.5 Å². The standard InChI is InChI=1S/C21H32N6O4S/c1-12(2)14-8-16(30-7)24-17(13(3)4)18(14)25-20(28)26-32(22,29)15-9-23-27-10-21(5,6)11-31-19(15)27/h8-9,12-13H,10-11H2,1-7H3,(H3,22,25,26,28,29). The van der Waals surface area contributed by atoms with Crippen LogP contribution in [0.3, 0.4) is 0 Å². The van der Waals surface area contributed by atoms with Crippen molar-refractivity contribution >= 4 is 21.6 Å². The van der Waals surface area contributed by atoms with Crippen LogP contribution in [0.25, 0.3) is 0 Å². The number of rotatable bonds is 6. The van der Waals surface area contributed by atoms with Crippen LogP contribution in [0.15, 0.2) is 17.2 Å². The molecule has 3 rings (SSSR count). The van der Waals surface area contributed by atoms with Crippen molar-refractivity contribution in [2.75, 3.05) is 19.0 Å². The SMILES string of the molecule is COc1cc(C(C)C)c(NC(=O)NS(=N)(=O)c2cnn3c2OCC(C)(C)C3)c(C(C)C)n1. The van der Waals surface area contributed by atoms with E-state index in [1.54, 1.807) is 17.9 Å². The predicted molar refractivity (Wildman–Crippen MR) is 122 cm³/mol. The number of ether oxygens (including phenoxy) is 2. The third-order valence-electron chi connectivity index (χ3n) is 5.15. The normalized spacial score (nSPS) is 16.8. The minimum atomic E-state index is -3.71. The van der Waals surface area contributed by atoms with Gasteiger partial charge in [-0.2, -0.15) is 5.10 Å². The predicted octanol–water partition coefficient (Wildman–Crippen LogP) is 4.09. The summed E-state index contributed by atoms with van der Waals surface area (Å²) in [6, 6.07) is 1.00. The molecular formula is C21H32N6O4S. The third kappa shape index (κ3) is 4.82. The summed E-state index contributed by atoms with van der Waals surface area (Å²) in [5, 5.41) is 6.97. The Kier molecular flexibility index (Phi) is 6.41. The van der Waals surface area contributed by atoms with Crippen LogP contribution in [0.1, 0.15) is 64.6 Å². The molecule has 0 aliphatic carbocycles. The molecule has 1 aliphatic heterocycles. The molecule has 0 bridgehead atoms. The summed E-state index contributed by atoms with van der Waals surface area (Å²) in [5.74, 6) is 0.776. The third-order valence-corrected chi connectivity index (χ3v) is 6.53. The average molecular weight is 465 g/mol. The molecule has 1 atom stereocenters. The summed E-state index contributed by atoms with van der Waals surface area (Å²) in [7, 11) is -2.17. The van der Waals surface area contributed by atoms with E-state index in [1.165, 1.54) is 6.20 Å². The molecule has 0 spiro atoms. The summed E-state index contributed by atoms with van der Waals surface area (Å²) in [6.07, 6.45) is 1.32. The zero-order valence-corrected chi connectivity index (χ0v) is 20.4. The molecule has 2 amide bonds. The smallest absolute Gasteiger partial charge is 0.332 e. The number of hydrogen-bond acceptors (Lipinski definition) is 7. The molecule has 2 aromatic rings. The fourth-order valence-electron chi connectivity index (χ4n) is 3.53. The monoisotopic (exact) mass is 464 g/mol. The van der Waals surface area contributed by atoms with Crippen LogP contribution in [0.5, 0.6) is 11.8 Å². The van der Waals surface area contributed by atoms with Gasteiger partial charge in [0, 0.05) is 11.5 Å². The van der Waals surface area contributed by atoms with E-state index in [0.29, 0.717) is 30.4 Å². The molecule has 3 heterocycles. The number of aromatic nitrogens is 3. The van der Waals surface area contributed by atoms with Gasteiger partial charge in [0.05, 0.1) is 37.8 Å². The van der Waals surface area contributed by atoms with Crippen LogP contribution in [-0.4, -0.2) is 38.7 Å². The minimum Gasteiger partial charge on any atom is -0.481 e. The lowest BCUT2D eigenvalue weighted by Gasteiger charge is -2.30. The molecule has 32 heavy (non-hydrogen) atoms. The van der Waals surface area contributed by atoms with Crippen LogP contribution >= 0.6 is 0 Å². The molecule has 1 unspecified atom stereocenters. The van der Waals surface area contributed by atoms with Gasteiger partial charge in [-0.25, -0.2) is 28.2 Å². The number of anilines is 1. The Morgan fingerprint density at radius 3 is 2.59 bits per heavy atom. The molecule has 0 fully saturated rings. The summed E-state index contributed by atoms with van der Waals surface area (Å²) < 4.78 is 36.4. The number of fused-ring (bicyclic) bond motifs is 1. The number of pyridine rings is 1. The zero-order valence-electron chi connectivity index (χ0n) is 19.6. The van der Waals surface area contributed by atoms with Crippen LogP contribution in [0.2, 0.25) is 0 Å². The van der Waals surface area contributed by atoms with Crippen LogP contribution in [0.4, 0.5) is 10.5 Å². The number of nitrogens with one attached hydrogen (secondary N) is 3. The van der Waals surface area contributed by atoms with E-state index >= 15 is 0 Å². The van der Waals surface area contributed by atoms with Crippen LogP contribution < -0.4 is 19.5 Å². The quantitative estimate of drug-likeness (QED) is 0.590. The highest BCUT2D eigenvalue weighted by Gasteiger charge is 2.33. The second-order valence-corrected chi connectivity index (χ2v) is 11.1. The Bertz CT molecular complexity index is 1090. The van der Waals surface area contributed by atoms with Crippen molar-refractivity contribution in [2.45, 2.75) is 64.8 Å². The highest BCUT2D eigenvalue weighted by molar-refractivity contribution is 7.91. The van der Waals surface area contributed by atoms with Crippen molar-refractivity contribution in [3.8, 4) is 11.8 Å². The van der Waals surface area contributed by atoms with Gasteiger partial charge in [0.15, 0.2) is 9.92 Å². The van der Waals surface area contributed by atoms with Gasteiger partial charge in [-0.3, -0.25) is 0 Å². The van der Waals surface area contributed by atoms with Gasteiger partial charge in [-0.05, 0) is 17.4 Å². The molecule has 2 aromatic heterocycles. The Balaban J connectivity index is 1.89. The molecule has 0 aromatic carbocycles. The van der Waals surface area contributed by atoms with E-state index in [1.807, 2.05) is 41.5 Å². The highest BCUT2D eigenvalue weighted by Crippen LogP contribution is 2.35. The van der Waals surface area contributed by atoms with E-state index in [4.69, 9.17) is 14.3 Å². The maximum absolute atomic E-state index is 13.1. The minimum absolute atomic E-state index is 0.00213. The first-order valence-corrected chi connectivity index (χ1v) is 12.1. The van der Waals surface area contributed by atoms with Gasteiger partial charge >= 0.3 is 6.03 Å². The summed E-state index contributed by atoms with van der Waals surface area (Å²) >= 11 is 0. The second kappa shape index (κ2) is 8.61. The lowest BCUT2D eigenvalue weighted by Crippen LogP contribution is -2.36. The van der Waals surface area contributed by atoms with Gasteiger partial charge in [-0.15, -0.1) is 0 Å². The number of methoxy groups -OCH3 is 1. The second-order valence-electron chi connectivity index (χ2n) is 9.36. The maximum atomic E-state index is 13.1. The van der Waals surface area contributed by atoms with Gasteiger partial charge in [0.1, 0.15) is 4.90 Å². The molecule has 3 N–H and O–H groups in total.